The number of anilines is 2. The molecule has 0 saturated carbocycles. The summed E-state index contributed by atoms with van der Waals surface area (Å²) in [5.41, 5.74) is 0.669. The number of hydrogen-bond acceptors (Lipinski definition) is 6. The Labute approximate surface area is 165 Å². The number of methoxy groups -OCH3 is 1. The Morgan fingerprint density at radius 3 is 2.50 bits per heavy atom. The van der Waals surface area contributed by atoms with E-state index in [-0.39, 0.29) is 5.91 Å². The van der Waals surface area contributed by atoms with Crippen LogP contribution >= 0.6 is 0 Å². The van der Waals surface area contributed by atoms with Crippen LogP contribution in [0.15, 0.2) is 36.5 Å². The van der Waals surface area contributed by atoms with Gasteiger partial charge in [-0.15, -0.1) is 0 Å². The fourth-order valence-electron chi connectivity index (χ4n) is 3.84. The maximum absolute atomic E-state index is 12.8. The lowest BCUT2D eigenvalue weighted by atomic mass is 10.1. The minimum atomic E-state index is 0.0512. The second-order valence-electron chi connectivity index (χ2n) is 7.27. The van der Waals surface area contributed by atoms with Crippen LogP contribution in [-0.4, -0.2) is 67.2 Å². The molecule has 1 aromatic heterocycles. The summed E-state index contributed by atoms with van der Waals surface area (Å²) in [6.45, 7) is 4.97. The first kappa shape index (κ1) is 18.5. The zero-order valence-corrected chi connectivity index (χ0v) is 16.4. The molecule has 7 heteroatoms. The summed E-state index contributed by atoms with van der Waals surface area (Å²) < 4.78 is 5.23. The lowest BCUT2D eigenvalue weighted by Gasteiger charge is -2.36. The second kappa shape index (κ2) is 8.46. The molecule has 3 heterocycles. The van der Waals surface area contributed by atoms with Crippen LogP contribution in [0.4, 0.5) is 11.8 Å². The molecule has 1 amide bonds. The molecular formula is C21H27N5O2. The van der Waals surface area contributed by atoms with Gasteiger partial charge in [0.25, 0.3) is 5.91 Å². The van der Waals surface area contributed by atoms with Crippen LogP contribution in [0, 0.1) is 0 Å². The van der Waals surface area contributed by atoms with Gasteiger partial charge in [-0.25, -0.2) is 4.98 Å². The quantitative estimate of drug-likeness (QED) is 0.811. The molecular weight excluding hydrogens is 354 g/mol. The fraction of sp³-hybridized carbons (Fsp3) is 0.476. The van der Waals surface area contributed by atoms with E-state index in [4.69, 9.17) is 9.72 Å². The van der Waals surface area contributed by atoms with Crippen molar-refractivity contribution in [3.05, 3.63) is 42.1 Å². The van der Waals surface area contributed by atoms with Crippen molar-refractivity contribution < 1.29 is 9.53 Å². The third-order valence-corrected chi connectivity index (χ3v) is 5.47. The number of piperazine rings is 1. The number of rotatable bonds is 4. The molecule has 28 heavy (non-hydrogen) atoms. The van der Waals surface area contributed by atoms with E-state index in [0.717, 1.165) is 37.9 Å². The summed E-state index contributed by atoms with van der Waals surface area (Å²) in [5, 5.41) is 0. The van der Waals surface area contributed by atoms with Crippen LogP contribution in [0.25, 0.3) is 0 Å². The van der Waals surface area contributed by atoms with Gasteiger partial charge in [-0.05, 0) is 43.5 Å². The van der Waals surface area contributed by atoms with Crippen molar-refractivity contribution in [1.29, 1.82) is 0 Å². The Morgan fingerprint density at radius 2 is 1.75 bits per heavy atom. The lowest BCUT2D eigenvalue weighted by Crippen LogP contribution is -2.49. The highest BCUT2D eigenvalue weighted by Gasteiger charge is 2.24. The number of nitrogens with zero attached hydrogens (tertiary/aromatic N) is 5. The molecule has 2 aliphatic heterocycles. The third-order valence-electron chi connectivity index (χ3n) is 5.47. The Morgan fingerprint density at radius 1 is 0.964 bits per heavy atom. The van der Waals surface area contributed by atoms with E-state index in [1.54, 1.807) is 13.2 Å². The zero-order chi connectivity index (χ0) is 19.3. The van der Waals surface area contributed by atoms with E-state index in [1.165, 1.54) is 19.3 Å². The highest BCUT2D eigenvalue weighted by molar-refractivity contribution is 5.94. The van der Waals surface area contributed by atoms with Gasteiger partial charge in [0, 0.05) is 51.0 Å². The first-order valence-corrected chi connectivity index (χ1v) is 10.0. The van der Waals surface area contributed by atoms with Crippen molar-refractivity contribution in [2.24, 2.45) is 0 Å². The van der Waals surface area contributed by atoms with Gasteiger partial charge in [-0.3, -0.25) is 4.79 Å². The van der Waals surface area contributed by atoms with Gasteiger partial charge >= 0.3 is 0 Å². The smallest absolute Gasteiger partial charge is 0.254 e. The molecule has 0 spiro atoms. The van der Waals surface area contributed by atoms with Gasteiger partial charge < -0.3 is 19.4 Å². The number of hydrogen-bond donors (Lipinski definition) is 0. The number of carbonyl (C=O) groups excluding carboxylic acids is 1. The van der Waals surface area contributed by atoms with Gasteiger partial charge in [0.15, 0.2) is 0 Å². The summed E-state index contributed by atoms with van der Waals surface area (Å²) in [6.07, 6.45) is 5.55. The minimum absolute atomic E-state index is 0.0512. The average molecular weight is 381 g/mol. The van der Waals surface area contributed by atoms with Crippen molar-refractivity contribution in [3.63, 3.8) is 0 Å². The molecule has 1 aromatic carbocycles. The number of piperidine rings is 1. The van der Waals surface area contributed by atoms with Gasteiger partial charge in [-0.1, -0.05) is 6.07 Å². The Kier molecular flexibility index (Phi) is 5.60. The molecule has 2 aromatic rings. The second-order valence-corrected chi connectivity index (χ2v) is 7.27. The molecule has 0 atom stereocenters. The van der Waals surface area contributed by atoms with E-state index in [0.29, 0.717) is 24.4 Å². The predicted octanol–water partition coefficient (Wildman–Crippen LogP) is 2.44. The van der Waals surface area contributed by atoms with Crippen LogP contribution in [0.1, 0.15) is 29.6 Å². The summed E-state index contributed by atoms with van der Waals surface area (Å²) in [4.78, 5) is 28.5. The highest BCUT2D eigenvalue weighted by Crippen LogP contribution is 2.21. The normalized spacial score (nSPS) is 17.5. The maximum Gasteiger partial charge on any atom is 0.254 e. The number of benzene rings is 1. The Balaban J connectivity index is 1.39. The average Bonchev–Trinajstić information content (AvgIpc) is 2.79. The van der Waals surface area contributed by atoms with Crippen LogP contribution in [-0.2, 0) is 0 Å². The minimum Gasteiger partial charge on any atom is -0.497 e. The largest absolute Gasteiger partial charge is 0.497 e. The van der Waals surface area contributed by atoms with E-state index < -0.39 is 0 Å². The molecule has 2 saturated heterocycles. The van der Waals surface area contributed by atoms with Gasteiger partial charge in [0.05, 0.1) is 7.11 Å². The highest BCUT2D eigenvalue weighted by atomic mass is 16.5. The van der Waals surface area contributed by atoms with E-state index in [9.17, 15) is 4.79 Å². The Hall–Kier alpha value is -2.83. The zero-order valence-electron chi connectivity index (χ0n) is 16.4. The lowest BCUT2D eigenvalue weighted by molar-refractivity contribution is 0.0746. The number of amides is 1. The van der Waals surface area contributed by atoms with Crippen LogP contribution < -0.4 is 14.5 Å². The van der Waals surface area contributed by atoms with Gasteiger partial charge in [0.1, 0.15) is 11.6 Å². The van der Waals surface area contributed by atoms with E-state index in [2.05, 4.69) is 14.8 Å². The topological polar surface area (TPSA) is 61.8 Å². The molecule has 0 radical (unpaired) electrons. The molecule has 148 valence electrons. The molecule has 0 unspecified atom stereocenters. The first-order valence-electron chi connectivity index (χ1n) is 10.0. The standard InChI is InChI=1S/C21H27N5O2/c1-28-18-7-5-6-17(16-18)20(27)25-14-12-24(13-15-25)19-8-9-22-21(23-19)26-10-3-2-4-11-26/h5-9,16H,2-4,10-15H2,1H3. The summed E-state index contributed by atoms with van der Waals surface area (Å²) in [7, 11) is 1.61. The Bertz CT molecular complexity index is 814. The molecule has 2 aliphatic rings. The third kappa shape index (κ3) is 4.03. The maximum atomic E-state index is 12.8. The number of carbonyl (C=O) groups is 1. The first-order chi connectivity index (χ1) is 13.7. The van der Waals surface area contributed by atoms with Crippen LogP contribution in [0.2, 0.25) is 0 Å². The predicted molar refractivity (Wildman–Crippen MR) is 109 cm³/mol. The SMILES string of the molecule is COc1cccc(C(=O)N2CCN(c3ccnc(N4CCCCC4)n3)CC2)c1. The fourth-order valence-corrected chi connectivity index (χ4v) is 3.84. The summed E-state index contributed by atoms with van der Waals surface area (Å²) in [6, 6.07) is 9.30. The molecule has 4 rings (SSSR count). The van der Waals surface area contributed by atoms with Crippen molar-refractivity contribution >= 4 is 17.7 Å². The van der Waals surface area contributed by atoms with E-state index in [1.807, 2.05) is 35.4 Å². The van der Waals surface area contributed by atoms with Crippen molar-refractivity contribution in [1.82, 2.24) is 14.9 Å². The summed E-state index contributed by atoms with van der Waals surface area (Å²) >= 11 is 0. The number of ether oxygens (including phenoxy) is 1. The van der Waals surface area contributed by atoms with Gasteiger partial charge in [-0.2, -0.15) is 4.98 Å². The van der Waals surface area contributed by atoms with Crippen molar-refractivity contribution in [3.8, 4) is 5.75 Å². The van der Waals surface area contributed by atoms with E-state index >= 15 is 0 Å². The molecule has 0 N–H and O–H groups in total. The molecule has 0 bridgehead atoms. The van der Waals surface area contributed by atoms with Crippen molar-refractivity contribution in [2.45, 2.75) is 19.3 Å². The monoisotopic (exact) mass is 381 g/mol. The number of aromatic nitrogens is 2. The van der Waals surface area contributed by atoms with Gasteiger partial charge in [0.2, 0.25) is 5.95 Å². The van der Waals surface area contributed by atoms with Crippen LogP contribution in [0.3, 0.4) is 0 Å². The summed E-state index contributed by atoms with van der Waals surface area (Å²) in [5.74, 6) is 2.53. The molecule has 2 fully saturated rings. The molecule has 0 aliphatic carbocycles. The molecule has 7 nitrogen and oxygen atoms in total. The van der Waals surface area contributed by atoms with Crippen LogP contribution in [0.5, 0.6) is 5.75 Å². The van der Waals surface area contributed by atoms with Crippen molar-refractivity contribution in [2.75, 3.05) is 56.2 Å².